The predicted octanol–water partition coefficient (Wildman–Crippen LogP) is 3.53. The summed E-state index contributed by atoms with van der Waals surface area (Å²) in [5.41, 5.74) is 7.41. The number of ether oxygens (including phenoxy) is 2. The van der Waals surface area contributed by atoms with Gasteiger partial charge in [0, 0.05) is 38.3 Å². The molecule has 3 aromatic rings. The van der Waals surface area contributed by atoms with Crippen LogP contribution >= 0.6 is 11.3 Å². The summed E-state index contributed by atoms with van der Waals surface area (Å²) in [6.07, 6.45) is 0. The maximum Gasteiger partial charge on any atom is 0.188 e. The molecule has 3 rings (SSSR count). The third-order valence-corrected chi connectivity index (χ3v) is 4.59. The molecule has 4 nitrogen and oxygen atoms in total. The van der Waals surface area contributed by atoms with Crippen molar-refractivity contribution in [3.8, 4) is 21.9 Å². The van der Waals surface area contributed by atoms with Gasteiger partial charge >= 0.3 is 0 Å². The molecule has 0 bridgehead atoms. The Kier molecular flexibility index (Phi) is 3.73. The van der Waals surface area contributed by atoms with E-state index in [1.54, 1.807) is 32.4 Å². The van der Waals surface area contributed by atoms with E-state index < -0.39 is 0 Å². The largest absolute Gasteiger partial charge is 0.493 e. The minimum absolute atomic E-state index is 0.0152. The molecule has 0 saturated heterocycles. The predicted molar refractivity (Wildman–Crippen MR) is 91.0 cm³/mol. The van der Waals surface area contributed by atoms with Gasteiger partial charge in [0.2, 0.25) is 0 Å². The highest BCUT2D eigenvalue weighted by atomic mass is 32.1. The van der Waals surface area contributed by atoms with Crippen LogP contribution in [0.25, 0.3) is 20.5 Å². The molecule has 0 aliphatic carbocycles. The molecule has 0 spiro atoms. The van der Waals surface area contributed by atoms with Gasteiger partial charge in [-0.05, 0) is 18.2 Å². The van der Waals surface area contributed by atoms with Crippen LogP contribution in [-0.4, -0.2) is 14.2 Å². The lowest BCUT2D eigenvalue weighted by Gasteiger charge is -2.12. The van der Waals surface area contributed by atoms with Gasteiger partial charge in [-0.1, -0.05) is 12.1 Å². The van der Waals surface area contributed by atoms with Gasteiger partial charge in [-0.2, -0.15) is 0 Å². The Bertz CT molecular complexity index is 902. The highest BCUT2D eigenvalue weighted by molar-refractivity contribution is 7.21. The number of benzene rings is 2. The molecule has 22 heavy (non-hydrogen) atoms. The lowest BCUT2D eigenvalue weighted by atomic mass is 10.1. The first-order chi connectivity index (χ1) is 10.6. The van der Waals surface area contributed by atoms with Crippen LogP contribution in [0.5, 0.6) is 11.5 Å². The van der Waals surface area contributed by atoms with Gasteiger partial charge in [-0.25, -0.2) is 0 Å². The second-order valence-corrected chi connectivity index (χ2v) is 5.85. The SMILES string of the molecule is COc1cc(N)c(-c2cc(=O)c3ccccc3s2)cc1OC. The van der Waals surface area contributed by atoms with Crippen LogP contribution in [0.4, 0.5) is 5.69 Å². The number of rotatable bonds is 3. The fourth-order valence-corrected chi connectivity index (χ4v) is 3.46. The number of nitrogen functional groups attached to an aromatic ring is 1. The summed E-state index contributed by atoms with van der Waals surface area (Å²) in [7, 11) is 3.13. The lowest BCUT2D eigenvalue weighted by Crippen LogP contribution is -2.00. The molecular weight excluding hydrogens is 298 g/mol. The zero-order valence-corrected chi connectivity index (χ0v) is 13.1. The molecule has 2 N–H and O–H groups in total. The summed E-state index contributed by atoms with van der Waals surface area (Å²) in [5, 5.41) is 0.718. The first-order valence-corrected chi connectivity index (χ1v) is 7.50. The summed E-state index contributed by atoms with van der Waals surface area (Å²) in [6.45, 7) is 0. The van der Waals surface area contributed by atoms with Crippen molar-refractivity contribution in [3.05, 3.63) is 52.7 Å². The molecule has 1 aromatic heterocycles. The van der Waals surface area contributed by atoms with Crippen molar-refractivity contribution in [3.63, 3.8) is 0 Å². The molecule has 2 aromatic carbocycles. The zero-order valence-electron chi connectivity index (χ0n) is 12.3. The van der Waals surface area contributed by atoms with E-state index in [0.717, 1.165) is 20.5 Å². The highest BCUT2D eigenvalue weighted by Gasteiger charge is 2.13. The molecule has 0 amide bonds. The van der Waals surface area contributed by atoms with Gasteiger partial charge in [0.1, 0.15) is 0 Å². The van der Waals surface area contributed by atoms with E-state index in [0.29, 0.717) is 17.2 Å². The second-order valence-electron chi connectivity index (χ2n) is 4.77. The summed E-state index contributed by atoms with van der Waals surface area (Å²) in [5.74, 6) is 1.15. The number of anilines is 1. The van der Waals surface area contributed by atoms with Gasteiger partial charge < -0.3 is 15.2 Å². The first kappa shape index (κ1) is 14.4. The smallest absolute Gasteiger partial charge is 0.188 e. The Balaban J connectivity index is 2.25. The highest BCUT2D eigenvalue weighted by Crippen LogP contribution is 2.39. The van der Waals surface area contributed by atoms with Gasteiger partial charge in [0.25, 0.3) is 0 Å². The summed E-state index contributed by atoms with van der Waals surface area (Å²) >= 11 is 1.52. The number of nitrogens with two attached hydrogens (primary N) is 1. The number of hydrogen-bond donors (Lipinski definition) is 1. The molecule has 5 heteroatoms. The van der Waals surface area contributed by atoms with Gasteiger partial charge in [0.05, 0.1) is 14.2 Å². The Labute approximate surface area is 131 Å². The van der Waals surface area contributed by atoms with Crippen LogP contribution in [0.1, 0.15) is 0 Å². The third-order valence-electron chi connectivity index (χ3n) is 3.46. The van der Waals surface area contributed by atoms with Crippen molar-refractivity contribution in [1.29, 1.82) is 0 Å². The van der Waals surface area contributed by atoms with E-state index >= 15 is 0 Å². The van der Waals surface area contributed by atoms with Crippen molar-refractivity contribution >= 4 is 27.1 Å². The van der Waals surface area contributed by atoms with Crippen molar-refractivity contribution in [2.45, 2.75) is 0 Å². The van der Waals surface area contributed by atoms with Crippen LogP contribution in [0.15, 0.2) is 47.3 Å². The summed E-state index contributed by atoms with van der Waals surface area (Å²) in [4.78, 5) is 13.1. The fourth-order valence-electron chi connectivity index (χ4n) is 2.34. The van der Waals surface area contributed by atoms with Crippen molar-refractivity contribution in [2.24, 2.45) is 0 Å². The lowest BCUT2D eigenvalue weighted by molar-refractivity contribution is 0.355. The van der Waals surface area contributed by atoms with E-state index in [9.17, 15) is 4.79 Å². The van der Waals surface area contributed by atoms with Gasteiger partial charge in [-0.3, -0.25) is 4.79 Å². The Morgan fingerprint density at radius 1 is 1.00 bits per heavy atom. The van der Waals surface area contributed by atoms with Crippen molar-refractivity contribution < 1.29 is 9.47 Å². The molecule has 0 aliphatic rings. The second kappa shape index (κ2) is 5.69. The van der Waals surface area contributed by atoms with Gasteiger partial charge in [-0.15, -0.1) is 11.3 Å². The van der Waals surface area contributed by atoms with Crippen LogP contribution in [0.3, 0.4) is 0 Å². The Morgan fingerprint density at radius 3 is 2.41 bits per heavy atom. The van der Waals surface area contributed by atoms with Crippen LogP contribution in [0, 0.1) is 0 Å². The minimum atomic E-state index is -0.0152. The van der Waals surface area contributed by atoms with Crippen LogP contribution < -0.4 is 20.6 Å². The first-order valence-electron chi connectivity index (χ1n) is 6.69. The van der Waals surface area contributed by atoms with Crippen LogP contribution in [-0.2, 0) is 0 Å². The van der Waals surface area contributed by atoms with E-state index in [1.165, 1.54) is 11.3 Å². The van der Waals surface area contributed by atoms with Crippen molar-refractivity contribution in [2.75, 3.05) is 20.0 Å². The van der Waals surface area contributed by atoms with E-state index in [-0.39, 0.29) is 5.43 Å². The molecule has 112 valence electrons. The fraction of sp³-hybridized carbons (Fsp3) is 0.118. The molecule has 0 atom stereocenters. The Morgan fingerprint density at radius 2 is 1.68 bits per heavy atom. The third kappa shape index (κ3) is 2.40. The molecule has 0 unspecified atom stereocenters. The number of hydrogen-bond acceptors (Lipinski definition) is 5. The molecule has 0 fully saturated rings. The maximum absolute atomic E-state index is 12.3. The van der Waals surface area contributed by atoms with E-state index in [2.05, 4.69) is 0 Å². The molecule has 0 aliphatic heterocycles. The quantitative estimate of drug-likeness (QED) is 0.751. The molecule has 0 radical (unpaired) electrons. The van der Waals surface area contributed by atoms with Crippen LogP contribution in [0.2, 0.25) is 0 Å². The number of methoxy groups -OCH3 is 2. The number of fused-ring (bicyclic) bond motifs is 1. The molecule has 1 heterocycles. The average molecular weight is 313 g/mol. The molecule has 0 saturated carbocycles. The average Bonchev–Trinajstić information content (AvgIpc) is 2.54. The monoisotopic (exact) mass is 313 g/mol. The maximum atomic E-state index is 12.3. The van der Waals surface area contributed by atoms with E-state index in [4.69, 9.17) is 15.2 Å². The summed E-state index contributed by atoms with van der Waals surface area (Å²) in [6, 6.07) is 12.7. The molecular formula is C17H15NO3S. The topological polar surface area (TPSA) is 61.5 Å². The Hall–Kier alpha value is -2.53. The summed E-state index contributed by atoms with van der Waals surface area (Å²) < 4.78 is 11.5. The van der Waals surface area contributed by atoms with Gasteiger partial charge in [0.15, 0.2) is 16.9 Å². The normalized spacial score (nSPS) is 10.6. The van der Waals surface area contributed by atoms with E-state index in [1.807, 2.05) is 24.3 Å². The minimum Gasteiger partial charge on any atom is -0.493 e. The van der Waals surface area contributed by atoms with Crippen molar-refractivity contribution in [1.82, 2.24) is 0 Å². The zero-order chi connectivity index (χ0) is 15.7. The standard InChI is InChI=1S/C17H15NO3S/c1-20-14-7-11(12(18)8-15(14)21-2)17-9-13(19)10-5-3-4-6-16(10)22-17/h3-9H,18H2,1-2H3.